The lowest BCUT2D eigenvalue weighted by Gasteiger charge is -2.10. The van der Waals surface area contributed by atoms with Crippen molar-refractivity contribution in [3.8, 4) is 0 Å². The van der Waals surface area contributed by atoms with Gasteiger partial charge < -0.3 is 15.8 Å². The van der Waals surface area contributed by atoms with Crippen LogP contribution in [0.1, 0.15) is 5.69 Å². The number of hydrogen-bond acceptors (Lipinski definition) is 5. The van der Waals surface area contributed by atoms with Gasteiger partial charge in [-0.25, -0.2) is 9.98 Å². The Morgan fingerprint density at radius 1 is 1.44 bits per heavy atom. The highest BCUT2D eigenvalue weighted by molar-refractivity contribution is 5.73. The average Bonchev–Trinajstić information content (AvgIpc) is 2.72. The number of nitrogens with two attached hydrogens (primary N) is 1. The quantitative estimate of drug-likeness (QED) is 0.857. The van der Waals surface area contributed by atoms with Gasteiger partial charge in [0.25, 0.3) is 6.02 Å². The number of anilines is 1. The first kappa shape index (κ1) is 12.5. The topological polar surface area (TPSA) is 72.5 Å². The van der Waals surface area contributed by atoms with Crippen LogP contribution in [-0.4, -0.2) is 30.2 Å². The fraction of sp³-hybridized carbons (Fsp3) is 0.400. The van der Waals surface area contributed by atoms with E-state index in [9.17, 15) is 13.2 Å². The highest BCUT2D eigenvalue weighted by Gasteiger charge is 2.32. The summed E-state index contributed by atoms with van der Waals surface area (Å²) >= 11 is 0. The molecule has 0 aromatic carbocycles. The summed E-state index contributed by atoms with van der Waals surface area (Å²) < 4.78 is 42.2. The molecule has 1 aromatic rings. The van der Waals surface area contributed by atoms with Gasteiger partial charge in [-0.2, -0.15) is 13.2 Å². The Labute approximate surface area is 101 Å². The highest BCUT2D eigenvalue weighted by Crippen LogP contribution is 2.28. The summed E-state index contributed by atoms with van der Waals surface area (Å²) in [6.07, 6.45) is -4.45. The van der Waals surface area contributed by atoms with Gasteiger partial charge in [-0.3, -0.25) is 0 Å². The molecule has 0 aliphatic carbocycles. The molecule has 0 saturated carbocycles. The van der Waals surface area contributed by atoms with E-state index in [-0.39, 0.29) is 17.9 Å². The molecule has 0 amide bonds. The second-order valence-corrected chi connectivity index (χ2v) is 3.72. The third-order valence-corrected chi connectivity index (χ3v) is 2.29. The number of aliphatic imine (C=N–C) groups is 1. The number of pyridine rings is 1. The van der Waals surface area contributed by atoms with Crippen molar-refractivity contribution in [2.45, 2.75) is 12.2 Å². The summed E-state index contributed by atoms with van der Waals surface area (Å²) in [7, 11) is 0. The fourth-order valence-corrected chi connectivity index (χ4v) is 1.45. The lowest BCUT2D eigenvalue weighted by atomic mass is 10.3. The summed E-state index contributed by atoms with van der Waals surface area (Å²) in [5, 5.41) is 2.77. The van der Waals surface area contributed by atoms with Crippen LogP contribution in [0.25, 0.3) is 0 Å². The zero-order chi connectivity index (χ0) is 13.2. The predicted molar refractivity (Wildman–Crippen MR) is 59.1 cm³/mol. The SMILES string of the molecule is NC1=N[C@@H](CNc2cccc(C(F)(F)F)n2)CO1. The van der Waals surface area contributed by atoms with Gasteiger partial charge in [0.1, 0.15) is 24.2 Å². The number of aromatic nitrogens is 1. The molecule has 0 fully saturated rings. The molecule has 1 aliphatic heterocycles. The first-order chi connectivity index (χ1) is 8.45. The van der Waals surface area contributed by atoms with E-state index in [1.165, 1.54) is 12.1 Å². The lowest BCUT2D eigenvalue weighted by Crippen LogP contribution is -2.20. The molecule has 1 aromatic heterocycles. The monoisotopic (exact) mass is 260 g/mol. The summed E-state index contributed by atoms with van der Waals surface area (Å²) in [6.45, 7) is 0.632. The predicted octanol–water partition coefficient (Wildman–Crippen LogP) is 1.23. The van der Waals surface area contributed by atoms with Crippen LogP contribution >= 0.6 is 0 Å². The van der Waals surface area contributed by atoms with Gasteiger partial charge >= 0.3 is 6.18 Å². The molecule has 98 valence electrons. The van der Waals surface area contributed by atoms with Gasteiger partial charge in [-0.15, -0.1) is 0 Å². The standard InChI is InChI=1S/C10H11F3N4O/c11-10(12,13)7-2-1-3-8(17-7)15-4-6-5-18-9(14)16-6/h1-3,6H,4-5H2,(H2,14,16)(H,15,17)/t6-/m0/s1. The fourth-order valence-electron chi connectivity index (χ4n) is 1.45. The number of ether oxygens (including phenoxy) is 1. The number of hydrogen-bond donors (Lipinski definition) is 2. The van der Waals surface area contributed by atoms with Crippen molar-refractivity contribution in [3.05, 3.63) is 23.9 Å². The molecule has 3 N–H and O–H groups in total. The van der Waals surface area contributed by atoms with Crippen molar-refractivity contribution < 1.29 is 17.9 Å². The van der Waals surface area contributed by atoms with E-state index in [0.29, 0.717) is 13.2 Å². The molecule has 8 heteroatoms. The largest absolute Gasteiger partial charge is 0.463 e. The van der Waals surface area contributed by atoms with Crippen LogP contribution in [0.2, 0.25) is 0 Å². The van der Waals surface area contributed by atoms with Crippen LogP contribution < -0.4 is 11.1 Å². The highest BCUT2D eigenvalue weighted by atomic mass is 19.4. The number of nitrogens with zero attached hydrogens (tertiary/aromatic N) is 2. The Bertz CT molecular complexity index is 461. The van der Waals surface area contributed by atoms with Crippen molar-refractivity contribution in [3.63, 3.8) is 0 Å². The Kier molecular flexibility index (Phi) is 3.26. The smallest absolute Gasteiger partial charge is 0.433 e. The van der Waals surface area contributed by atoms with Crippen molar-refractivity contribution in [2.75, 3.05) is 18.5 Å². The molecule has 0 spiro atoms. The summed E-state index contributed by atoms with van der Waals surface area (Å²) in [6, 6.07) is 3.55. The zero-order valence-electron chi connectivity index (χ0n) is 9.24. The van der Waals surface area contributed by atoms with Crippen LogP contribution in [0, 0.1) is 0 Å². The van der Waals surface area contributed by atoms with Crippen LogP contribution in [0.5, 0.6) is 0 Å². The van der Waals surface area contributed by atoms with E-state index in [1.54, 1.807) is 0 Å². The van der Waals surface area contributed by atoms with Crippen molar-refractivity contribution >= 4 is 11.8 Å². The van der Waals surface area contributed by atoms with E-state index < -0.39 is 11.9 Å². The van der Waals surface area contributed by atoms with Gasteiger partial charge in [-0.05, 0) is 12.1 Å². The minimum Gasteiger partial charge on any atom is -0.463 e. The molecule has 18 heavy (non-hydrogen) atoms. The minimum absolute atomic E-state index is 0.0961. The maximum absolute atomic E-state index is 12.4. The zero-order valence-corrected chi connectivity index (χ0v) is 9.24. The van der Waals surface area contributed by atoms with E-state index in [4.69, 9.17) is 10.5 Å². The second kappa shape index (κ2) is 4.71. The van der Waals surface area contributed by atoms with Gasteiger partial charge in [0.2, 0.25) is 0 Å². The van der Waals surface area contributed by atoms with E-state index in [1.807, 2.05) is 0 Å². The Morgan fingerprint density at radius 3 is 2.83 bits per heavy atom. The Morgan fingerprint density at radius 2 is 2.22 bits per heavy atom. The molecule has 0 bridgehead atoms. The molecular formula is C10H11F3N4O. The van der Waals surface area contributed by atoms with E-state index in [2.05, 4.69) is 15.3 Å². The van der Waals surface area contributed by atoms with Gasteiger partial charge in [-0.1, -0.05) is 6.07 Å². The molecule has 0 unspecified atom stereocenters. The average molecular weight is 260 g/mol. The summed E-state index contributed by atoms with van der Waals surface area (Å²) in [4.78, 5) is 7.40. The molecule has 0 saturated heterocycles. The number of alkyl halides is 3. The molecule has 1 atom stereocenters. The van der Waals surface area contributed by atoms with E-state index in [0.717, 1.165) is 6.07 Å². The summed E-state index contributed by atoms with van der Waals surface area (Å²) in [5.41, 5.74) is 4.38. The van der Waals surface area contributed by atoms with Crippen LogP contribution in [0.15, 0.2) is 23.2 Å². The minimum atomic E-state index is -4.45. The van der Waals surface area contributed by atoms with Crippen molar-refractivity contribution in [2.24, 2.45) is 10.7 Å². The normalized spacial score (nSPS) is 19.3. The number of amidine groups is 1. The molecule has 5 nitrogen and oxygen atoms in total. The Balaban J connectivity index is 1.98. The maximum atomic E-state index is 12.4. The third kappa shape index (κ3) is 3.02. The van der Waals surface area contributed by atoms with Crippen molar-refractivity contribution in [1.82, 2.24) is 4.98 Å². The second-order valence-electron chi connectivity index (χ2n) is 3.72. The van der Waals surface area contributed by atoms with Crippen LogP contribution in [0.4, 0.5) is 19.0 Å². The maximum Gasteiger partial charge on any atom is 0.433 e. The van der Waals surface area contributed by atoms with Gasteiger partial charge in [0, 0.05) is 6.54 Å². The summed E-state index contributed by atoms with van der Waals surface area (Å²) in [5.74, 6) is 0.144. The van der Waals surface area contributed by atoms with E-state index >= 15 is 0 Å². The molecular weight excluding hydrogens is 249 g/mol. The molecule has 1 aliphatic rings. The number of halogens is 3. The number of rotatable bonds is 3. The molecule has 2 rings (SSSR count). The van der Waals surface area contributed by atoms with Crippen LogP contribution in [-0.2, 0) is 10.9 Å². The van der Waals surface area contributed by atoms with Gasteiger partial charge in [0.15, 0.2) is 0 Å². The molecule has 2 heterocycles. The lowest BCUT2D eigenvalue weighted by molar-refractivity contribution is -0.141. The first-order valence-electron chi connectivity index (χ1n) is 5.19. The third-order valence-electron chi connectivity index (χ3n) is 2.29. The molecule has 0 radical (unpaired) electrons. The number of nitrogens with one attached hydrogen (secondary N) is 1. The first-order valence-corrected chi connectivity index (χ1v) is 5.19. The van der Waals surface area contributed by atoms with Gasteiger partial charge in [0.05, 0.1) is 0 Å². The van der Waals surface area contributed by atoms with Crippen LogP contribution in [0.3, 0.4) is 0 Å². The van der Waals surface area contributed by atoms with Crippen molar-refractivity contribution in [1.29, 1.82) is 0 Å². The Hall–Kier alpha value is -1.99.